The topological polar surface area (TPSA) is 68.0 Å². The molecule has 0 aliphatic rings. The van der Waals surface area contributed by atoms with Crippen molar-refractivity contribution < 1.29 is 9.32 Å². The number of benzene rings is 3. The average molecular weight is 355 g/mol. The fourth-order valence-electron chi connectivity index (χ4n) is 2.83. The van der Waals surface area contributed by atoms with Gasteiger partial charge in [-0.15, -0.1) is 0 Å². The van der Waals surface area contributed by atoms with Gasteiger partial charge >= 0.3 is 0 Å². The maximum absolute atomic E-state index is 12.7. The normalized spacial score (nSPS) is 10.6. The molecule has 0 radical (unpaired) electrons. The van der Waals surface area contributed by atoms with Gasteiger partial charge in [0.2, 0.25) is 0 Å². The maximum atomic E-state index is 12.7. The van der Waals surface area contributed by atoms with E-state index in [2.05, 4.69) is 15.5 Å². The molecule has 0 fully saturated rings. The van der Waals surface area contributed by atoms with Crippen molar-refractivity contribution in [3.05, 3.63) is 90.3 Å². The molecule has 5 heteroatoms. The number of para-hydroxylation sites is 1. The first-order chi connectivity index (χ1) is 13.2. The van der Waals surface area contributed by atoms with E-state index in [9.17, 15) is 4.79 Å². The third-order valence-electron chi connectivity index (χ3n) is 4.18. The summed E-state index contributed by atoms with van der Waals surface area (Å²) in [7, 11) is 0. The van der Waals surface area contributed by atoms with Crippen molar-refractivity contribution in [1.29, 1.82) is 0 Å². The van der Waals surface area contributed by atoms with Crippen LogP contribution in [0.3, 0.4) is 0 Å². The van der Waals surface area contributed by atoms with Crippen LogP contribution in [0.5, 0.6) is 0 Å². The van der Waals surface area contributed by atoms with E-state index in [-0.39, 0.29) is 5.91 Å². The van der Waals surface area contributed by atoms with E-state index in [0.717, 1.165) is 22.4 Å². The fraction of sp³-hybridized carbons (Fsp3) is 0.0455. The summed E-state index contributed by atoms with van der Waals surface area (Å²) in [6, 6.07) is 24.8. The van der Waals surface area contributed by atoms with Crippen LogP contribution in [0.25, 0.3) is 22.6 Å². The SMILES string of the molecule is Cc1noc(-c2ccc(C(=O)Nc3ccccc3-c3ccccc3)cc2)n1. The first-order valence-corrected chi connectivity index (χ1v) is 8.57. The molecule has 0 saturated heterocycles. The molecule has 0 aliphatic heterocycles. The lowest BCUT2D eigenvalue weighted by Crippen LogP contribution is -2.12. The highest BCUT2D eigenvalue weighted by Gasteiger charge is 2.12. The summed E-state index contributed by atoms with van der Waals surface area (Å²) in [5.74, 6) is 0.838. The Kier molecular flexibility index (Phi) is 4.49. The van der Waals surface area contributed by atoms with Crippen molar-refractivity contribution in [3.63, 3.8) is 0 Å². The minimum atomic E-state index is -0.174. The van der Waals surface area contributed by atoms with Crippen LogP contribution in [0.4, 0.5) is 5.69 Å². The van der Waals surface area contributed by atoms with Gasteiger partial charge in [-0.1, -0.05) is 53.7 Å². The number of anilines is 1. The highest BCUT2D eigenvalue weighted by atomic mass is 16.5. The Morgan fingerprint density at radius 1 is 0.852 bits per heavy atom. The smallest absolute Gasteiger partial charge is 0.257 e. The number of amides is 1. The van der Waals surface area contributed by atoms with Crippen LogP contribution in [-0.2, 0) is 0 Å². The van der Waals surface area contributed by atoms with E-state index in [4.69, 9.17) is 4.52 Å². The van der Waals surface area contributed by atoms with Crippen molar-refractivity contribution in [1.82, 2.24) is 10.1 Å². The monoisotopic (exact) mass is 355 g/mol. The molecule has 3 aromatic carbocycles. The molecule has 4 aromatic rings. The van der Waals surface area contributed by atoms with Gasteiger partial charge in [0.05, 0.1) is 0 Å². The number of carbonyl (C=O) groups excluding carboxylic acids is 1. The van der Waals surface area contributed by atoms with Gasteiger partial charge in [-0.25, -0.2) is 0 Å². The maximum Gasteiger partial charge on any atom is 0.257 e. The van der Waals surface area contributed by atoms with E-state index in [0.29, 0.717) is 17.3 Å². The molecule has 132 valence electrons. The fourth-order valence-corrected chi connectivity index (χ4v) is 2.83. The van der Waals surface area contributed by atoms with Gasteiger partial charge in [0, 0.05) is 22.4 Å². The molecule has 4 rings (SSSR count). The molecule has 0 spiro atoms. The second kappa shape index (κ2) is 7.25. The Labute approximate surface area is 156 Å². The van der Waals surface area contributed by atoms with E-state index in [1.165, 1.54) is 0 Å². The lowest BCUT2D eigenvalue weighted by atomic mass is 10.0. The van der Waals surface area contributed by atoms with Crippen LogP contribution in [0.2, 0.25) is 0 Å². The van der Waals surface area contributed by atoms with Gasteiger partial charge in [-0.2, -0.15) is 4.98 Å². The molecule has 0 aliphatic carbocycles. The lowest BCUT2D eigenvalue weighted by Gasteiger charge is -2.11. The Morgan fingerprint density at radius 2 is 1.56 bits per heavy atom. The standard InChI is InChI=1S/C22H17N3O2/c1-15-23-22(27-25-15)18-13-11-17(12-14-18)21(26)24-20-10-6-5-9-19(20)16-7-3-2-4-8-16/h2-14H,1H3,(H,24,26). The van der Waals surface area contributed by atoms with Crippen LogP contribution >= 0.6 is 0 Å². The third-order valence-corrected chi connectivity index (χ3v) is 4.18. The Balaban J connectivity index is 1.56. The van der Waals surface area contributed by atoms with Crippen molar-refractivity contribution >= 4 is 11.6 Å². The molecular weight excluding hydrogens is 338 g/mol. The molecule has 5 nitrogen and oxygen atoms in total. The molecule has 0 saturated carbocycles. The van der Waals surface area contributed by atoms with Gasteiger partial charge < -0.3 is 9.84 Å². The zero-order chi connectivity index (χ0) is 18.6. The Bertz CT molecular complexity index is 1070. The molecule has 1 amide bonds. The van der Waals surface area contributed by atoms with Gasteiger partial charge in [0.25, 0.3) is 11.8 Å². The third kappa shape index (κ3) is 3.62. The number of rotatable bonds is 4. The minimum absolute atomic E-state index is 0.174. The molecule has 0 unspecified atom stereocenters. The first kappa shape index (κ1) is 16.7. The molecule has 0 bridgehead atoms. The van der Waals surface area contributed by atoms with Crippen LogP contribution < -0.4 is 5.32 Å². The van der Waals surface area contributed by atoms with Gasteiger partial charge in [-0.3, -0.25) is 4.79 Å². The molecule has 1 heterocycles. The first-order valence-electron chi connectivity index (χ1n) is 8.57. The Hall–Kier alpha value is -3.73. The predicted octanol–water partition coefficient (Wildman–Crippen LogP) is 4.96. The van der Waals surface area contributed by atoms with E-state index in [1.54, 1.807) is 31.2 Å². The second-order valence-electron chi connectivity index (χ2n) is 6.09. The van der Waals surface area contributed by atoms with Crippen molar-refractivity contribution in [2.24, 2.45) is 0 Å². The summed E-state index contributed by atoms with van der Waals surface area (Å²) >= 11 is 0. The zero-order valence-electron chi connectivity index (χ0n) is 14.7. The largest absolute Gasteiger partial charge is 0.334 e. The number of hydrogen-bond acceptors (Lipinski definition) is 4. The number of nitrogens with one attached hydrogen (secondary N) is 1. The number of nitrogens with zero attached hydrogens (tertiary/aromatic N) is 2. The van der Waals surface area contributed by atoms with Gasteiger partial charge in [0.15, 0.2) is 5.82 Å². The number of aryl methyl sites for hydroxylation is 1. The number of carbonyl (C=O) groups is 1. The van der Waals surface area contributed by atoms with Crippen molar-refractivity contribution in [2.75, 3.05) is 5.32 Å². The van der Waals surface area contributed by atoms with Crippen molar-refractivity contribution in [2.45, 2.75) is 6.92 Å². The molecule has 27 heavy (non-hydrogen) atoms. The van der Waals surface area contributed by atoms with Crippen molar-refractivity contribution in [3.8, 4) is 22.6 Å². The van der Waals surface area contributed by atoms with Crippen LogP contribution in [0.15, 0.2) is 83.4 Å². The predicted molar refractivity (Wildman–Crippen MR) is 104 cm³/mol. The average Bonchev–Trinajstić information content (AvgIpc) is 3.15. The summed E-state index contributed by atoms with van der Waals surface area (Å²) in [6.07, 6.45) is 0. The van der Waals surface area contributed by atoms with E-state index < -0.39 is 0 Å². The summed E-state index contributed by atoms with van der Waals surface area (Å²) < 4.78 is 5.15. The summed E-state index contributed by atoms with van der Waals surface area (Å²) in [5.41, 5.74) is 4.12. The summed E-state index contributed by atoms with van der Waals surface area (Å²) in [5, 5.41) is 6.78. The Morgan fingerprint density at radius 3 is 2.26 bits per heavy atom. The molecule has 1 aromatic heterocycles. The van der Waals surface area contributed by atoms with Crippen LogP contribution in [0.1, 0.15) is 16.2 Å². The molecular formula is C22H17N3O2. The van der Waals surface area contributed by atoms with Crippen LogP contribution in [-0.4, -0.2) is 16.0 Å². The van der Waals surface area contributed by atoms with Gasteiger partial charge in [0.1, 0.15) is 0 Å². The quantitative estimate of drug-likeness (QED) is 0.561. The van der Waals surface area contributed by atoms with Crippen LogP contribution in [0, 0.1) is 6.92 Å². The highest BCUT2D eigenvalue weighted by Crippen LogP contribution is 2.28. The zero-order valence-corrected chi connectivity index (χ0v) is 14.7. The second-order valence-corrected chi connectivity index (χ2v) is 6.09. The molecule has 1 N–H and O–H groups in total. The lowest BCUT2D eigenvalue weighted by molar-refractivity contribution is 0.102. The van der Waals surface area contributed by atoms with E-state index in [1.807, 2.05) is 54.6 Å². The highest BCUT2D eigenvalue weighted by molar-refractivity contribution is 6.06. The van der Waals surface area contributed by atoms with Gasteiger partial charge in [-0.05, 0) is 42.8 Å². The summed E-state index contributed by atoms with van der Waals surface area (Å²) in [6.45, 7) is 1.76. The van der Waals surface area contributed by atoms with E-state index >= 15 is 0 Å². The summed E-state index contributed by atoms with van der Waals surface area (Å²) in [4.78, 5) is 16.9. The number of aromatic nitrogens is 2. The molecule has 0 atom stereocenters. The number of hydrogen-bond donors (Lipinski definition) is 1. The minimum Gasteiger partial charge on any atom is -0.334 e.